The normalized spacial score (nSPS) is 18.0. The Kier molecular flexibility index (Phi) is 11.7. The second-order valence-electron chi connectivity index (χ2n) is 6.90. The first-order chi connectivity index (χ1) is 8.99. The lowest BCUT2D eigenvalue weighted by Gasteiger charge is -2.17. The van der Waals surface area contributed by atoms with Gasteiger partial charge in [-0.3, -0.25) is 0 Å². The van der Waals surface area contributed by atoms with Gasteiger partial charge in [0.25, 0.3) is 0 Å². The van der Waals surface area contributed by atoms with Crippen molar-refractivity contribution in [2.24, 2.45) is 23.7 Å². The van der Waals surface area contributed by atoms with Crippen molar-refractivity contribution in [1.82, 2.24) is 0 Å². The van der Waals surface area contributed by atoms with Crippen LogP contribution in [0.15, 0.2) is 0 Å². The number of hydrogen-bond donors (Lipinski definition) is 0. The molecule has 1 nitrogen and oxygen atoms in total. The van der Waals surface area contributed by atoms with E-state index in [9.17, 15) is 0 Å². The highest BCUT2D eigenvalue weighted by Crippen LogP contribution is 2.19. The number of ether oxygens (including phenoxy) is 1. The molecule has 0 aromatic carbocycles. The molecule has 1 heteroatoms. The molecule has 0 aliphatic rings. The molecule has 116 valence electrons. The molecule has 0 spiro atoms. The second-order valence-corrected chi connectivity index (χ2v) is 6.90. The van der Waals surface area contributed by atoms with E-state index in [0.29, 0.717) is 0 Å². The Hall–Kier alpha value is -0.0400. The van der Waals surface area contributed by atoms with Crippen LogP contribution in [0.5, 0.6) is 0 Å². The van der Waals surface area contributed by atoms with E-state index in [2.05, 4.69) is 41.5 Å². The Morgan fingerprint density at radius 1 is 0.632 bits per heavy atom. The van der Waals surface area contributed by atoms with Crippen molar-refractivity contribution in [3.8, 4) is 0 Å². The van der Waals surface area contributed by atoms with Crippen molar-refractivity contribution in [2.45, 2.75) is 80.1 Å². The molecule has 4 unspecified atom stereocenters. The first-order valence-corrected chi connectivity index (χ1v) is 8.57. The maximum absolute atomic E-state index is 5.81. The van der Waals surface area contributed by atoms with Crippen molar-refractivity contribution in [3.63, 3.8) is 0 Å². The third-order valence-electron chi connectivity index (χ3n) is 4.51. The summed E-state index contributed by atoms with van der Waals surface area (Å²) in [5.74, 6) is 3.36. The minimum atomic E-state index is 0.812. The van der Waals surface area contributed by atoms with Gasteiger partial charge < -0.3 is 4.74 Å². The Morgan fingerprint density at radius 3 is 1.32 bits per heavy atom. The van der Waals surface area contributed by atoms with Crippen molar-refractivity contribution >= 4 is 0 Å². The maximum atomic E-state index is 5.81. The average molecular weight is 271 g/mol. The van der Waals surface area contributed by atoms with Crippen LogP contribution in [0.4, 0.5) is 0 Å². The topological polar surface area (TPSA) is 9.23 Å². The van der Waals surface area contributed by atoms with Crippen LogP contribution in [-0.2, 0) is 4.74 Å². The lowest BCUT2D eigenvalue weighted by Crippen LogP contribution is -2.09. The number of rotatable bonds is 12. The number of hydrogen-bond acceptors (Lipinski definition) is 1. The average Bonchev–Trinajstić information content (AvgIpc) is 2.37. The molecule has 0 aromatic rings. The highest BCUT2D eigenvalue weighted by molar-refractivity contribution is 4.60. The SMILES string of the molecule is CCC(C)CC(C)CCOCCC(C)CC(C)CC. The van der Waals surface area contributed by atoms with E-state index < -0.39 is 0 Å². The third-order valence-corrected chi connectivity index (χ3v) is 4.51. The first-order valence-electron chi connectivity index (χ1n) is 8.57. The van der Waals surface area contributed by atoms with Gasteiger partial charge in [0.05, 0.1) is 0 Å². The molecule has 19 heavy (non-hydrogen) atoms. The fraction of sp³-hybridized carbons (Fsp3) is 1.00. The summed E-state index contributed by atoms with van der Waals surface area (Å²) in [6.45, 7) is 15.9. The fourth-order valence-electron chi connectivity index (χ4n) is 2.61. The van der Waals surface area contributed by atoms with Gasteiger partial charge in [-0.25, -0.2) is 0 Å². The molecule has 4 atom stereocenters. The Bertz CT molecular complexity index is 170. The zero-order chi connectivity index (χ0) is 14.7. The zero-order valence-corrected chi connectivity index (χ0v) is 14.4. The molecule has 0 heterocycles. The molecular weight excluding hydrogens is 232 g/mol. The summed E-state index contributed by atoms with van der Waals surface area (Å²) >= 11 is 0. The third kappa shape index (κ3) is 11.5. The van der Waals surface area contributed by atoms with Gasteiger partial charge in [0.15, 0.2) is 0 Å². The van der Waals surface area contributed by atoms with Gasteiger partial charge in [0, 0.05) is 13.2 Å². The van der Waals surface area contributed by atoms with Crippen LogP contribution in [0.2, 0.25) is 0 Å². The minimum absolute atomic E-state index is 0.812. The minimum Gasteiger partial charge on any atom is -0.381 e. The van der Waals surface area contributed by atoms with Gasteiger partial charge in [-0.1, -0.05) is 54.4 Å². The molecule has 0 saturated heterocycles. The summed E-state index contributed by atoms with van der Waals surface area (Å²) in [4.78, 5) is 0. The summed E-state index contributed by atoms with van der Waals surface area (Å²) in [6, 6.07) is 0. The maximum Gasteiger partial charge on any atom is 0.0468 e. The van der Waals surface area contributed by atoms with Crippen LogP contribution in [0.25, 0.3) is 0 Å². The molecule has 0 aromatic heterocycles. The van der Waals surface area contributed by atoms with Gasteiger partial charge in [0.2, 0.25) is 0 Å². The van der Waals surface area contributed by atoms with E-state index in [1.807, 2.05) is 0 Å². The van der Waals surface area contributed by atoms with Gasteiger partial charge in [-0.15, -0.1) is 0 Å². The summed E-state index contributed by atoms with van der Waals surface area (Å²) < 4.78 is 5.81. The molecular formula is C18H38O. The summed E-state index contributed by atoms with van der Waals surface area (Å²) in [6.07, 6.45) is 7.76. The van der Waals surface area contributed by atoms with Gasteiger partial charge in [-0.05, 0) is 49.4 Å². The quantitative estimate of drug-likeness (QED) is 0.399. The standard InChI is InChI=1S/C18H38O/c1-7-15(3)13-17(5)9-11-19-12-10-18(6)14-16(4)8-2/h15-18H,7-14H2,1-6H3. The lowest BCUT2D eigenvalue weighted by atomic mass is 9.93. The molecule has 0 N–H and O–H groups in total. The van der Waals surface area contributed by atoms with E-state index >= 15 is 0 Å². The van der Waals surface area contributed by atoms with Crippen molar-refractivity contribution in [3.05, 3.63) is 0 Å². The molecule has 0 aliphatic heterocycles. The van der Waals surface area contributed by atoms with Crippen molar-refractivity contribution < 1.29 is 4.74 Å². The highest BCUT2D eigenvalue weighted by Gasteiger charge is 2.09. The Labute approximate surface area is 122 Å². The molecule has 0 bridgehead atoms. The van der Waals surface area contributed by atoms with E-state index in [4.69, 9.17) is 4.74 Å². The van der Waals surface area contributed by atoms with Crippen LogP contribution in [0, 0.1) is 23.7 Å². The molecule has 0 aliphatic carbocycles. The van der Waals surface area contributed by atoms with E-state index in [0.717, 1.165) is 36.9 Å². The highest BCUT2D eigenvalue weighted by atomic mass is 16.5. The Morgan fingerprint density at radius 2 is 1.00 bits per heavy atom. The molecule has 0 amide bonds. The van der Waals surface area contributed by atoms with Gasteiger partial charge in [0.1, 0.15) is 0 Å². The van der Waals surface area contributed by atoms with Crippen LogP contribution in [0.3, 0.4) is 0 Å². The summed E-state index contributed by atoms with van der Waals surface area (Å²) in [7, 11) is 0. The molecule has 0 radical (unpaired) electrons. The van der Waals surface area contributed by atoms with Crippen LogP contribution < -0.4 is 0 Å². The lowest BCUT2D eigenvalue weighted by molar-refractivity contribution is 0.105. The van der Waals surface area contributed by atoms with Crippen LogP contribution in [-0.4, -0.2) is 13.2 Å². The van der Waals surface area contributed by atoms with Crippen LogP contribution in [0.1, 0.15) is 80.1 Å². The molecule has 0 fully saturated rings. The van der Waals surface area contributed by atoms with Crippen LogP contribution >= 0.6 is 0 Å². The largest absolute Gasteiger partial charge is 0.381 e. The van der Waals surface area contributed by atoms with E-state index in [1.54, 1.807) is 0 Å². The van der Waals surface area contributed by atoms with E-state index in [-0.39, 0.29) is 0 Å². The zero-order valence-electron chi connectivity index (χ0n) is 14.4. The molecule has 0 saturated carbocycles. The summed E-state index contributed by atoms with van der Waals surface area (Å²) in [5.41, 5.74) is 0. The van der Waals surface area contributed by atoms with Gasteiger partial charge in [-0.2, -0.15) is 0 Å². The van der Waals surface area contributed by atoms with E-state index in [1.165, 1.54) is 38.5 Å². The Balaban J connectivity index is 3.44. The monoisotopic (exact) mass is 270 g/mol. The summed E-state index contributed by atoms with van der Waals surface area (Å²) in [5, 5.41) is 0. The van der Waals surface area contributed by atoms with Crippen molar-refractivity contribution in [2.75, 3.05) is 13.2 Å². The fourth-order valence-corrected chi connectivity index (χ4v) is 2.61. The first kappa shape index (κ1) is 19.0. The van der Waals surface area contributed by atoms with Gasteiger partial charge >= 0.3 is 0 Å². The smallest absolute Gasteiger partial charge is 0.0468 e. The van der Waals surface area contributed by atoms with Crippen molar-refractivity contribution in [1.29, 1.82) is 0 Å². The second kappa shape index (κ2) is 11.8. The predicted molar refractivity (Wildman–Crippen MR) is 86.5 cm³/mol. The molecule has 0 rings (SSSR count). The predicted octanol–water partition coefficient (Wildman–Crippen LogP) is 5.93.